The van der Waals surface area contributed by atoms with E-state index in [0.29, 0.717) is 12.5 Å². The van der Waals surface area contributed by atoms with Crippen LogP contribution in [-0.4, -0.2) is 43.5 Å². The summed E-state index contributed by atoms with van der Waals surface area (Å²) in [5.41, 5.74) is 1.37. The Labute approximate surface area is 127 Å². The molecule has 0 atom stereocenters. The van der Waals surface area contributed by atoms with Gasteiger partial charge in [-0.15, -0.1) is 0 Å². The maximum Gasteiger partial charge on any atom is 0.220 e. The van der Waals surface area contributed by atoms with Crippen molar-refractivity contribution in [2.75, 3.05) is 26.7 Å². The molecule has 0 spiro atoms. The summed E-state index contributed by atoms with van der Waals surface area (Å²) in [5.74, 6) is 0.201. The minimum absolute atomic E-state index is 0.201. The molecule has 1 aromatic carbocycles. The Morgan fingerprint density at radius 3 is 2.62 bits per heavy atom. The fraction of sp³-hybridized carbons (Fsp3) is 0.588. The summed E-state index contributed by atoms with van der Waals surface area (Å²) in [4.78, 5) is 14.3. The van der Waals surface area contributed by atoms with E-state index in [9.17, 15) is 4.79 Å². The van der Waals surface area contributed by atoms with E-state index in [2.05, 4.69) is 45.9 Å². The summed E-state index contributed by atoms with van der Waals surface area (Å²) in [6, 6.07) is 10.9. The molecule has 0 radical (unpaired) electrons. The topological polar surface area (TPSA) is 44.4 Å². The van der Waals surface area contributed by atoms with Crippen molar-refractivity contribution in [3.8, 4) is 0 Å². The van der Waals surface area contributed by atoms with Crippen LogP contribution in [0.1, 0.15) is 31.2 Å². The van der Waals surface area contributed by atoms with Gasteiger partial charge in [0.1, 0.15) is 0 Å². The van der Waals surface area contributed by atoms with Crippen LogP contribution in [0.15, 0.2) is 30.3 Å². The van der Waals surface area contributed by atoms with Crippen LogP contribution in [0.3, 0.4) is 0 Å². The van der Waals surface area contributed by atoms with Crippen molar-refractivity contribution < 1.29 is 4.79 Å². The molecule has 1 heterocycles. The zero-order chi connectivity index (χ0) is 14.9. The number of rotatable bonds is 7. The number of likely N-dealkylation sites (tertiary alicyclic amines) is 1. The summed E-state index contributed by atoms with van der Waals surface area (Å²) < 4.78 is 0. The molecule has 2 N–H and O–H groups in total. The Hall–Kier alpha value is -1.39. The Morgan fingerprint density at radius 2 is 1.95 bits per heavy atom. The van der Waals surface area contributed by atoms with E-state index >= 15 is 0 Å². The van der Waals surface area contributed by atoms with Crippen LogP contribution >= 0.6 is 0 Å². The summed E-state index contributed by atoms with van der Waals surface area (Å²) in [6.45, 7) is 4.05. The quantitative estimate of drug-likeness (QED) is 0.752. The molecule has 0 saturated carbocycles. The lowest BCUT2D eigenvalue weighted by Crippen LogP contribution is -2.44. The van der Waals surface area contributed by atoms with Crippen molar-refractivity contribution in [1.29, 1.82) is 0 Å². The minimum atomic E-state index is 0.201. The molecule has 21 heavy (non-hydrogen) atoms. The molecular weight excluding hydrogens is 262 g/mol. The summed E-state index contributed by atoms with van der Waals surface area (Å²) in [5, 5.41) is 6.24. The first-order valence-electron chi connectivity index (χ1n) is 7.98. The summed E-state index contributed by atoms with van der Waals surface area (Å²) in [6.07, 6.45) is 3.66. The lowest BCUT2D eigenvalue weighted by Gasteiger charge is -2.32. The zero-order valence-corrected chi connectivity index (χ0v) is 13.0. The molecule has 2 rings (SSSR count). The number of hydrogen-bond acceptors (Lipinski definition) is 3. The predicted octanol–water partition coefficient (Wildman–Crippen LogP) is 1.77. The molecule has 1 aromatic rings. The molecule has 1 saturated heterocycles. The number of carbonyl (C=O) groups excluding carboxylic acids is 1. The summed E-state index contributed by atoms with van der Waals surface area (Å²) in [7, 11) is 1.92. The molecule has 4 nitrogen and oxygen atoms in total. The average Bonchev–Trinajstić information content (AvgIpc) is 2.51. The number of amides is 1. The SMILES string of the molecule is CNCCCC(=O)NC1CCN(Cc2ccccc2)CC1. The van der Waals surface area contributed by atoms with Crippen molar-refractivity contribution in [3.63, 3.8) is 0 Å². The second kappa shape index (κ2) is 8.80. The minimum Gasteiger partial charge on any atom is -0.353 e. The monoisotopic (exact) mass is 289 g/mol. The van der Waals surface area contributed by atoms with Crippen LogP contribution in [0.2, 0.25) is 0 Å². The number of nitrogens with zero attached hydrogens (tertiary/aromatic N) is 1. The van der Waals surface area contributed by atoms with Gasteiger partial charge in [0, 0.05) is 32.1 Å². The maximum absolute atomic E-state index is 11.8. The molecule has 1 fully saturated rings. The largest absolute Gasteiger partial charge is 0.353 e. The standard InChI is InChI=1S/C17H27N3O/c1-18-11-5-8-17(21)19-16-9-12-20(13-10-16)14-15-6-3-2-4-7-15/h2-4,6-7,16,18H,5,8-14H2,1H3,(H,19,21). The van der Waals surface area contributed by atoms with E-state index in [4.69, 9.17) is 0 Å². The predicted molar refractivity (Wildman–Crippen MR) is 86.0 cm³/mol. The Balaban J connectivity index is 1.65. The Kier molecular flexibility index (Phi) is 6.70. The van der Waals surface area contributed by atoms with Crippen molar-refractivity contribution in [1.82, 2.24) is 15.5 Å². The highest BCUT2D eigenvalue weighted by atomic mass is 16.1. The lowest BCUT2D eigenvalue weighted by molar-refractivity contribution is -0.122. The smallest absolute Gasteiger partial charge is 0.220 e. The number of piperidine rings is 1. The van der Waals surface area contributed by atoms with Gasteiger partial charge in [-0.3, -0.25) is 9.69 Å². The molecular formula is C17H27N3O. The zero-order valence-electron chi connectivity index (χ0n) is 13.0. The second-order valence-electron chi connectivity index (χ2n) is 5.81. The molecule has 0 unspecified atom stereocenters. The van der Waals surface area contributed by atoms with E-state index in [1.54, 1.807) is 0 Å². The third-order valence-electron chi connectivity index (χ3n) is 4.03. The molecule has 1 aliphatic heterocycles. The van der Waals surface area contributed by atoms with E-state index in [0.717, 1.165) is 45.4 Å². The summed E-state index contributed by atoms with van der Waals surface area (Å²) >= 11 is 0. The molecule has 0 bridgehead atoms. The van der Waals surface area contributed by atoms with Gasteiger partial charge < -0.3 is 10.6 Å². The van der Waals surface area contributed by atoms with Gasteiger partial charge in [-0.2, -0.15) is 0 Å². The van der Waals surface area contributed by atoms with Crippen molar-refractivity contribution in [2.45, 2.75) is 38.3 Å². The Morgan fingerprint density at radius 1 is 1.24 bits per heavy atom. The lowest BCUT2D eigenvalue weighted by atomic mass is 10.0. The van der Waals surface area contributed by atoms with Gasteiger partial charge in [0.05, 0.1) is 0 Å². The maximum atomic E-state index is 11.8. The van der Waals surface area contributed by atoms with Crippen LogP contribution in [-0.2, 0) is 11.3 Å². The van der Waals surface area contributed by atoms with Gasteiger partial charge in [-0.1, -0.05) is 30.3 Å². The van der Waals surface area contributed by atoms with Crippen molar-refractivity contribution in [2.24, 2.45) is 0 Å². The van der Waals surface area contributed by atoms with Crippen molar-refractivity contribution in [3.05, 3.63) is 35.9 Å². The first kappa shape index (κ1) is 16.0. The second-order valence-corrected chi connectivity index (χ2v) is 5.81. The normalized spacial score (nSPS) is 16.8. The van der Waals surface area contributed by atoms with Gasteiger partial charge in [-0.25, -0.2) is 0 Å². The molecule has 0 aromatic heterocycles. The number of benzene rings is 1. The highest BCUT2D eigenvalue weighted by molar-refractivity contribution is 5.76. The average molecular weight is 289 g/mol. The van der Waals surface area contributed by atoms with Crippen LogP contribution in [0.4, 0.5) is 0 Å². The van der Waals surface area contributed by atoms with Crippen LogP contribution in [0, 0.1) is 0 Å². The molecule has 1 aliphatic rings. The van der Waals surface area contributed by atoms with Gasteiger partial charge in [0.25, 0.3) is 0 Å². The first-order chi connectivity index (χ1) is 10.3. The van der Waals surface area contributed by atoms with Crippen LogP contribution in [0.25, 0.3) is 0 Å². The number of hydrogen-bond donors (Lipinski definition) is 2. The third kappa shape index (κ3) is 5.86. The third-order valence-corrected chi connectivity index (χ3v) is 4.03. The van der Waals surface area contributed by atoms with Crippen LogP contribution < -0.4 is 10.6 Å². The number of nitrogens with one attached hydrogen (secondary N) is 2. The van der Waals surface area contributed by atoms with E-state index in [1.807, 2.05) is 7.05 Å². The number of carbonyl (C=O) groups is 1. The van der Waals surface area contributed by atoms with Gasteiger partial charge in [0.2, 0.25) is 5.91 Å². The van der Waals surface area contributed by atoms with Gasteiger partial charge in [0.15, 0.2) is 0 Å². The first-order valence-corrected chi connectivity index (χ1v) is 7.98. The molecule has 116 valence electrons. The molecule has 4 heteroatoms. The van der Waals surface area contributed by atoms with Gasteiger partial charge in [-0.05, 0) is 38.4 Å². The van der Waals surface area contributed by atoms with E-state index < -0.39 is 0 Å². The Bertz CT molecular complexity index is 413. The van der Waals surface area contributed by atoms with Crippen LogP contribution in [0.5, 0.6) is 0 Å². The highest BCUT2D eigenvalue weighted by Gasteiger charge is 2.20. The van der Waals surface area contributed by atoms with E-state index in [1.165, 1.54) is 5.56 Å². The molecule has 0 aliphatic carbocycles. The highest BCUT2D eigenvalue weighted by Crippen LogP contribution is 2.14. The van der Waals surface area contributed by atoms with Gasteiger partial charge >= 0.3 is 0 Å². The van der Waals surface area contributed by atoms with Crippen molar-refractivity contribution >= 4 is 5.91 Å². The fourth-order valence-corrected chi connectivity index (χ4v) is 2.80. The fourth-order valence-electron chi connectivity index (χ4n) is 2.80. The van der Waals surface area contributed by atoms with E-state index in [-0.39, 0.29) is 5.91 Å². The molecule has 1 amide bonds.